The van der Waals surface area contributed by atoms with Gasteiger partial charge in [0, 0.05) is 19.2 Å². The Morgan fingerprint density at radius 3 is 2.50 bits per heavy atom. The average molecular weight is 397 g/mol. The van der Waals surface area contributed by atoms with Gasteiger partial charge >= 0.3 is 0 Å². The zero-order chi connectivity index (χ0) is 19.9. The van der Waals surface area contributed by atoms with Crippen LogP contribution in [0.3, 0.4) is 0 Å². The summed E-state index contributed by atoms with van der Waals surface area (Å²) in [6, 6.07) is 18.0. The number of nitrogens with one attached hydrogen (secondary N) is 1. The lowest BCUT2D eigenvalue weighted by molar-refractivity contribution is -0.119. The van der Waals surface area contributed by atoms with Crippen molar-refractivity contribution in [3.05, 3.63) is 66.0 Å². The molecule has 3 rings (SSSR count). The number of thioether (sulfide) groups is 1. The highest BCUT2D eigenvalue weighted by molar-refractivity contribution is 8.00. The molecule has 0 aliphatic heterocycles. The van der Waals surface area contributed by atoms with Gasteiger partial charge in [-0.1, -0.05) is 42.1 Å². The van der Waals surface area contributed by atoms with Crippen molar-refractivity contribution >= 4 is 17.7 Å². The predicted molar refractivity (Wildman–Crippen MR) is 111 cm³/mol. The van der Waals surface area contributed by atoms with E-state index >= 15 is 0 Å². The predicted octanol–water partition coefficient (Wildman–Crippen LogP) is 3.48. The van der Waals surface area contributed by atoms with Crippen LogP contribution in [0.1, 0.15) is 25.2 Å². The highest BCUT2D eigenvalue weighted by Crippen LogP contribution is 2.27. The summed E-state index contributed by atoms with van der Waals surface area (Å²) < 4.78 is 7.55. The molecule has 146 valence electrons. The van der Waals surface area contributed by atoms with Crippen LogP contribution in [-0.2, 0) is 11.2 Å². The van der Waals surface area contributed by atoms with Crippen molar-refractivity contribution in [2.45, 2.75) is 30.7 Å². The van der Waals surface area contributed by atoms with Gasteiger partial charge < -0.3 is 10.1 Å². The Hall–Kier alpha value is -2.80. The van der Waals surface area contributed by atoms with Gasteiger partial charge in [0.25, 0.3) is 0 Å². The number of ether oxygens (including phenoxy) is 1. The molecule has 1 unspecified atom stereocenters. The second kappa shape index (κ2) is 9.41. The van der Waals surface area contributed by atoms with E-state index in [1.54, 1.807) is 7.05 Å². The first-order valence-corrected chi connectivity index (χ1v) is 10.1. The fourth-order valence-electron chi connectivity index (χ4n) is 2.80. The van der Waals surface area contributed by atoms with Gasteiger partial charge in [0.2, 0.25) is 5.91 Å². The lowest BCUT2D eigenvalue weighted by atomic mass is 10.1. The van der Waals surface area contributed by atoms with Crippen molar-refractivity contribution in [2.75, 3.05) is 13.7 Å². The Labute approximate surface area is 169 Å². The molecular formula is C21H24N4O2S. The fraction of sp³-hybridized carbons (Fsp3) is 0.286. The van der Waals surface area contributed by atoms with E-state index in [4.69, 9.17) is 4.74 Å². The topological polar surface area (TPSA) is 69.0 Å². The third-order valence-electron chi connectivity index (χ3n) is 4.21. The molecule has 2 aromatic carbocycles. The van der Waals surface area contributed by atoms with Crippen LogP contribution in [0.15, 0.2) is 59.8 Å². The number of benzene rings is 2. The molecule has 0 saturated heterocycles. The normalized spacial score (nSPS) is 11.8. The van der Waals surface area contributed by atoms with Gasteiger partial charge in [-0.15, -0.1) is 10.2 Å². The van der Waals surface area contributed by atoms with Crippen molar-refractivity contribution in [3.8, 4) is 11.4 Å². The van der Waals surface area contributed by atoms with E-state index < -0.39 is 0 Å². The lowest BCUT2D eigenvalue weighted by Gasteiger charge is -2.13. The van der Waals surface area contributed by atoms with Crippen LogP contribution in [0.2, 0.25) is 0 Å². The highest BCUT2D eigenvalue weighted by atomic mass is 32.2. The number of nitrogens with zero attached hydrogens (tertiary/aromatic N) is 3. The van der Waals surface area contributed by atoms with E-state index in [-0.39, 0.29) is 11.2 Å². The summed E-state index contributed by atoms with van der Waals surface area (Å²) in [5, 5.41) is 11.9. The van der Waals surface area contributed by atoms with Crippen molar-refractivity contribution in [3.63, 3.8) is 0 Å². The Bertz CT molecular complexity index is 910. The molecule has 28 heavy (non-hydrogen) atoms. The third kappa shape index (κ3) is 4.72. The van der Waals surface area contributed by atoms with Crippen molar-refractivity contribution in [1.82, 2.24) is 20.1 Å². The Morgan fingerprint density at radius 2 is 1.86 bits per heavy atom. The first-order valence-electron chi connectivity index (χ1n) is 9.22. The monoisotopic (exact) mass is 396 g/mol. The van der Waals surface area contributed by atoms with Crippen molar-refractivity contribution < 1.29 is 9.53 Å². The Balaban J connectivity index is 1.97. The number of carbonyl (C=O) groups excluding carboxylic acids is 1. The van der Waals surface area contributed by atoms with Gasteiger partial charge in [0.05, 0.1) is 11.9 Å². The molecule has 0 saturated carbocycles. The molecule has 0 spiro atoms. The number of amides is 1. The second-order valence-electron chi connectivity index (χ2n) is 6.20. The van der Waals surface area contributed by atoms with Gasteiger partial charge in [-0.3, -0.25) is 9.36 Å². The molecule has 0 bridgehead atoms. The number of aromatic nitrogens is 3. The summed E-state index contributed by atoms with van der Waals surface area (Å²) in [6.45, 7) is 4.44. The minimum Gasteiger partial charge on any atom is -0.494 e. The Morgan fingerprint density at radius 1 is 1.14 bits per heavy atom. The molecule has 0 radical (unpaired) electrons. The van der Waals surface area contributed by atoms with E-state index in [0.29, 0.717) is 18.2 Å². The largest absolute Gasteiger partial charge is 0.494 e. The summed E-state index contributed by atoms with van der Waals surface area (Å²) in [6.07, 6.45) is 0.649. The SMILES string of the molecule is CCOc1ccc(-n2c(Cc3ccccc3)nnc2SC(C)C(=O)NC)cc1. The molecule has 0 aliphatic rings. The van der Waals surface area contributed by atoms with Gasteiger partial charge in [0.15, 0.2) is 5.16 Å². The van der Waals surface area contributed by atoms with Crippen LogP contribution in [0.4, 0.5) is 0 Å². The van der Waals surface area contributed by atoms with E-state index in [1.807, 2.05) is 60.9 Å². The van der Waals surface area contributed by atoms with E-state index in [9.17, 15) is 4.79 Å². The molecule has 3 aromatic rings. The number of carbonyl (C=O) groups is 1. The van der Waals surface area contributed by atoms with E-state index in [0.717, 1.165) is 22.8 Å². The standard InChI is InChI=1S/C21H24N4O2S/c1-4-27-18-12-10-17(11-13-18)25-19(14-16-8-6-5-7-9-16)23-24-21(25)28-15(2)20(26)22-3/h5-13,15H,4,14H2,1-3H3,(H,22,26). The van der Waals surface area contributed by atoms with Crippen LogP contribution in [0.25, 0.3) is 5.69 Å². The third-order valence-corrected chi connectivity index (χ3v) is 5.25. The zero-order valence-electron chi connectivity index (χ0n) is 16.3. The minimum absolute atomic E-state index is 0.0455. The first-order chi connectivity index (χ1) is 13.6. The fourth-order valence-corrected chi connectivity index (χ4v) is 3.75. The Kier molecular flexibility index (Phi) is 6.71. The molecule has 1 amide bonds. The molecular weight excluding hydrogens is 372 g/mol. The minimum atomic E-state index is -0.278. The van der Waals surface area contributed by atoms with Crippen LogP contribution in [-0.4, -0.2) is 39.6 Å². The summed E-state index contributed by atoms with van der Waals surface area (Å²) in [5.41, 5.74) is 2.09. The quantitative estimate of drug-likeness (QED) is 0.591. The summed E-state index contributed by atoms with van der Waals surface area (Å²) in [4.78, 5) is 12.0. The summed E-state index contributed by atoms with van der Waals surface area (Å²) in [5.74, 6) is 1.59. The molecule has 0 fully saturated rings. The smallest absolute Gasteiger partial charge is 0.233 e. The van der Waals surface area contributed by atoms with Crippen molar-refractivity contribution in [1.29, 1.82) is 0 Å². The van der Waals surface area contributed by atoms with Gasteiger partial charge in [0.1, 0.15) is 11.6 Å². The number of rotatable bonds is 8. The van der Waals surface area contributed by atoms with Crippen molar-refractivity contribution in [2.24, 2.45) is 0 Å². The maximum Gasteiger partial charge on any atom is 0.233 e. The molecule has 1 N–H and O–H groups in total. The van der Waals surface area contributed by atoms with Crippen LogP contribution in [0, 0.1) is 0 Å². The molecule has 6 nitrogen and oxygen atoms in total. The lowest BCUT2D eigenvalue weighted by Crippen LogP contribution is -2.27. The van der Waals surface area contributed by atoms with Crippen LogP contribution >= 0.6 is 11.8 Å². The molecule has 1 atom stereocenters. The molecule has 1 aromatic heterocycles. The number of hydrogen-bond donors (Lipinski definition) is 1. The highest BCUT2D eigenvalue weighted by Gasteiger charge is 2.20. The van der Waals surface area contributed by atoms with E-state index in [1.165, 1.54) is 11.8 Å². The van der Waals surface area contributed by atoms with Crippen LogP contribution in [0.5, 0.6) is 5.75 Å². The van der Waals surface area contributed by atoms with Gasteiger partial charge in [-0.05, 0) is 43.7 Å². The molecule has 1 heterocycles. The zero-order valence-corrected chi connectivity index (χ0v) is 17.1. The number of hydrogen-bond acceptors (Lipinski definition) is 5. The second-order valence-corrected chi connectivity index (χ2v) is 7.51. The maximum absolute atomic E-state index is 12.0. The maximum atomic E-state index is 12.0. The van der Waals surface area contributed by atoms with Crippen LogP contribution < -0.4 is 10.1 Å². The summed E-state index contributed by atoms with van der Waals surface area (Å²) >= 11 is 1.39. The molecule has 7 heteroatoms. The van der Waals surface area contributed by atoms with Gasteiger partial charge in [-0.25, -0.2) is 0 Å². The molecule has 0 aliphatic carbocycles. The summed E-state index contributed by atoms with van der Waals surface area (Å²) in [7, 11) is 1.64. The van der Waals surface area contributed by atoms with Gasteiger partial charge in [-0.2, -0.15) is 0 Å². The first kappa shape index (κ1) is 19.9. The average Bonchev–Trinajstić information content (AvgIpc) is 3.11. The van der Waals surface area contributed by atoms with E-state index in [2.05, 4.69) is 27.6 Å².